The number of carbonyl (C=O) groups is 3. The standard InChI is InChI=1S/C24H27ClN4O3S.2C2HF3O2/c1-24(2,3)29-22(30)13-21(33(29,31)32)17-10-9-15(11-18(17)25)12-19(26)23-27-14-20(28-23)16-7-5-4-6-8-16;2*3-2(4,5)1(6)7/h4-11,14,19,21H,12-13,26H2,1-3H3,(H,27,28);2*(H,6,7)/t19-,21?;;/m0../s1. The molecule has 1 saturated heterocycles. The second-order valence-corrected chi connectivity index (χ2v) is 13.3. The van der Waals surface area contributed by atoms with E-state index < -0.39 is 57.1 Å². The molecule has 1 unspecified atom stereocenters. The largest absolute Gasteiger partial charge is 0.490 e. The van der Waals surface area contributed by atoms with Gasteiger partial charge >= 0.3 is 24.3 Å². The van der Waals surface area contributed by atoms with Crippen molar-refractivity contribution in [2.24, 2.45) is 5.73 Å². The third kappa shape index (κ3) is 10.4. The lowest BCUT2D eigenvalue weighted by Gasteiger charge is -2.30. The summed E-state index contributed by atoms with van der Waals surface area (Å²) >= 11 is 6.50. The first kappa shape index (κ1) is 39.0. The number of hydrogen-bond donors (Lipinski definition) is 4. The van der Waals surface area contributed by atoms with Gasteiger partial charge in [0.1, 0.15) is 11.1 Å². The Morgan fingerprint density at radius 1 is 1.02 bits per heavy atom. The van der Waals surface area contributed by atoms with E-state index in [-0.39, 0.29) is 6.42 Å². The molecule has 2 heterocycles. The molecule has 258 valence electrons. The van der Waals surface area contributed by atoms with Crippen molar-refractivity contribution in [1.29, 1.82) is 0 Å². The average Bonchev–Trinajstić information content (AvgIpc) is 3.51. The molecule has 2 aromatic carbocycles. The molecular formula is C28H29ClF6N4O7S. The SMILES string of the molecule is CC(C)(C)N1C(=O)CC(c2ccc(C[C@H](N)c3ncc(-c4ccccc4)[nH]3)cc2Cl)S1(=O)=O.O=C(O)C(F)(F)F.O=C(O)C(F)(F)F. The summed E-state index contributed by atoms with van der Waals surface area (Å²) in [5, 5.41) is 13.6. The fourth-order valence-electron chi connectivity index (χ4n) is 4.24. The zero-order chi connectivity index (χ0) is 36.1. The number of benzene rings is 2. The van der Waals surface area contributed by atoms with Crippen LogP contribution in [0.4, 0.5) is 26.3 Å². The Bertz CT molecular complexity index is 1670. The van der Waals surface area contributed by atoms with E-state index in [1.807, 2.05) is 36.4 Å². The number of alkyl halides is 6. The summed E-state index contributed by atoms with van der Waals surface area (Å²) in [6, 6.07) is 14.7. The third-order valence-electron chi connectivity index (χ3n) is 6.19. The number of nitrogens with two attached hydrogens (primary N) is 1. The van der Waals surface area contributed by atoms with Crippen LogP contribution in [-0.4, -0.2) is 68.6 Å². The first-order valence-corrected chi connectivity index (χ1v) is 15.1. The summed E-state index contributed by atoms with van der Waals surface area (Å²) in [5.74, 6) is -5.28. The minimum absolute atomic E-state index is 0.118. The van der Waals surface area contributed by atoms with Crippen molar-refractivity contribution in [3.63, 3.8) is 0 Å². The first-order chi connectivity index (χ1) is 21.4. The highest BCUT2D eigenvalue weighted by Gasteiger charge is 2.50. The highest BCUT2D eigenvalue weighted by molar-refractivity contribution is 7.90. The Labute approximate surface area is 269 Å². The molecule has 0 saturated carbocycles. The number of aromatic nitrogens is 2. The molecule has 1 aromatic heterocycles. The highest BCUT2D eigenvalue weighted by Crippen LogP contribution is 2.42. The van der Waals surface area contributed by atoms with E-state index >= 15 is 0 Å². The predicted octanol–water partition coefficient (Wildman–Crippen LogP) is 5.64. The molecule has 1 aliphatic rings. The maximum absolute atomic E-state index is 13.1. The number of sulfonamides is 1. The van der Waals surface area contributed by atoms with Crippen molar-refractivity contribution in [2.45, 2.75) is 62.8 Å². The minimum Gasteiger partial charge on any atom is -0.475 e. The molecule has 47 heavy (non-hydrogen) atoms. The fraction of sp³-hybridized carbons (Fsp3) is 0.357. The molecule has 3 aromatic rings. The van der Waals surface area contributed by atoms with E-state index in [1.165, 1.54) is 0 Å². The summed E-state index contributed by atoms with van der Waals surface area (Å²) < 4.78 is 90.6. The molecule has 1 amide bonds. The van der Waals surface area contributed by atoms with E-state index in [9.17, 15) is 39.6 Å². The zero-order valence-corrected chi connectivity index (χ0v) is 26.3. The molecule has 1 aliphatic heterocycles. The fourth-order valence-corrected chi connectivity index (χ4v) is 6.90. The van der Waals surface area contributed by atoms with Gasteiger partial charge in [0.2, 0.25) is 15.9 Å². The van der Waals surface area contributed by atoms with E-state index in [1.54, 1.807) is 39.1 Å². The number of hydrogen-bond acceptors (Lipinski definition) is 7. The molecular weight excluding hydrogens is 686 g/mol. The van der Waals surface area contributed by atoms with Crippen LogP contribution in [-0.2, 0) is 30.8 Å². The van der Waals surface area contributed by atoms with Crippen LogP contribution >= 0.6 is 11.6 Å². The molecule has 0 bridgehead atoms. The summed E-state index contributed by atoms with van der Waals surface area (Å²) in [6.45, 7) is 5.11. The smallest absolute Gasteiger partial charge is 0.475 e. The summed E-state index contributed by atoms with van der Waals surface area (Å²) in [4.78, 5) is 38.0. The van der Waals surface area contributed by atoms with Crippen molar-refractivity contribution in [1.82, 2.24) is 14.3 Å². The van der Waals surface area contributed by atoms with E-state index in [2.05, 4.69) is 9.97 Å². The van der Waals surface area contributed by atoms with Crippen LogP contribution in [0.3, 0.4) is 0 Å². The normalized spacial score (nSPS) is 16.8. The molecule has 0 aliphatic carbocycles. The van der Waals surface area contributed by atoms with Crippen molar-refractivity contribution in [3.8, 4) is 11.3 Å². The van der Waals surface area contributed by atoms with Crippen LogP contribution in [0, 0.1) is 0 Å². The number of carbonyl (C=O) groups excluding carboxylic acids is 1. The Morgan fingerprint density at radius 3 is 1.96 bits per heavy atom. The number of imidazole rings is 1. The lowest BCUT2D eigenvalue weighted by atomic mass is 10.0. The Hall–Kier alpha value is -4.16. The number of rotatable bonds is 5. The number of aliphatic carboxylic acids is 2. The van der Waals surface area contributed by atoms with Gasteiger partial charge in [-0.25, -0.2) is 27.3 Å². The van der Waals surface area contributed by atoms with Gasteiger partial charge < -0.3 is 20.9 Å². The number of H-pyrrole nitrogens is 1. The second-order valence-electron chi connectivity index (χ2n) is 10.9. The van der Waals surface area contributed by atoms with Crippen LogP contribution in [0.5, 0.6) is 0 Å². The van der Waals surface area contributed by atoms with Crippen LogP contribution in [0.15, 0.2) is 54.7 Å². The van der Waals surface area contributed by atoms with Gasteiger partial charge in [-0.3, -0.25) is 4.79 Å². The second kappa shape index (κ2) is 14.7. The van der Waals surface area contributed by atoms with Crippen molar-refractivity contribution >= 4 is 39.5 Å². The van der Waals surface area contributed by atoms with Crippen molar-refractivity contribution < 1.29 is 59.4 Å². The van der Waals surface area contributed by atoms with Gasteiger partial charge in [0.25, 0.3) is 0 Å². The molecule has 2 atom stereocenters. The lowest BCUT2D eigenvalue weighted by molar-refractivity contribution is -0.193. The maximum Gasteiger partial charge on any atom is 0.490 e. The Morgan fingerprint density at radius 2 is 1.53 bits per heavy atom. The van der Waals surface area contributed by atoms with Crippen molar-refractivity contribution in [2.75, 3.05) is 0 Å². The number of carboxylic acid groups (broad SMARTS) is 2. The third-order valence-corrected chi connectivity index (χ3v) is 8.92. The quantitative estimate of drug-likeness (QED) is 0.243. The number of amides is 1. The first-order valence-electron chi connectivity index (χ1n) is 13.2. The van der Waals surface area contributed by atoms with E-state index in [0.29, 0.717) is 22.8 Å². The summed E-state index contributed by atoms with van der Waals surface area (Å²) in [5.41, 5.74) is 8.73. The lowest BCUT2D eigenvalue weighted by Crippen LogP contribution is -2.45. The molecule has 0 spiro atoms. The molecule has 4 rings (SSSR count). The summed E-state index contributed by atoms with van der Waals surface area (Å²) in [6.07, 6.45) is -8.07. The average molecular weight is 715 g/mol. The molecule has 19 heteroatoms. The number of carboxylic acids is 2. The summed E-state index contributed by atoms with van der Waals surface area (Å²) in [7, 11) is -3.85. The van der Waals surface area contributed by atoms with Gasteiger partial charge in [0, 0.05) is 5.02 Å². The van der Waals surface area contributed by atoms with Gasteiger partial charge in [0.15, 0.2) is 0 Å². The predicted molar refractivity (Wildman–Crippen MR) is 156 cm³/mol. The minimum atomic E-state index is -5.08. The number of aromatic amines is 1. The highest BCUT2D eigenvalue weighted by atomic mass is 35.5. The maximum atomic E-state index is 13.1. The molecule has 0 radical (unpaired) electrons. The van der Waals surface area contributed by atoms with Gasteiger partial charge in [-0.15, -0.1) is 0 Å². The number of nitrogens with zero attached hydrogens (tertiary/aromatic N) is 2. The Balaban J connectivity index is 0.000000459. The van der Waals surface area contributed by atoms with Crippen molar-refractivity contribution in [3.05, 3.63) is 76.7 Å². The van der Waals surface area contributed by atoms with Gasteiger partial charge in [-0.05, 0) is 49.9 Å². The number of halogens is 7. The van der Waals surface area contributed by atoms with Gasteiger partial charge in [0.05, 0.1) is 29.9 Å². The monoisotopic (exact) mass is 714 g/mol. The van der Waals surface area contributed by atoms with Crippen LogP contribution < -0.4 is 5.73 Å². The molecule has 5 N–H and O–H groups in total. The van der Waals surface area contributed by atoms with Crippen LogP contribution in [0.25, 0.3) is 11.3 Å². The van der Waals surface area contributed by atoms with E-state index in [4.69, 9.17) is 37.1 Å². The topological polar surface area (TPSA) is 184 Å². The zero-order valence-electron chi connectivity index (χ0n) is 24.7. The number of nitrogens with one attached hydrogen (secondary N) is 1. The van der Waals surface area contributed by atoms with Crippen LogP contribution in [0.2, 0.25) is 5.02 Å². The van der Waals surface area contributed by atoms with Gasteiger partial charge in [-0.1, -0.05) is 54.1 Å². The van der Waals surface area contributed by atoms with E-state index in [0.717, 1.165) is 21.1 Å². The molecule has 1 fully saturated rings. The molecule has 11 nitrogen and oxygen atoms in total. The Kier molecular flexibility index (Phi) is 12.2. The van der Waals surface area contributed by atoms with Gasteiger partial charge in [-0.2, -0.15) is 26.3 Å². The van der Waals surface area contributed by atoms with Crippen LogP contribution in [0.1, 0.15) is 55.4 Å².